The summed E-state index contributed by atoms with van der Waals surface area (Å²) in [6, 6.07) is 15.9. The number of imidazole rings is 2. The number of H-pyrrole nitrogens is 2. The minimum Gasteiger partial charge on any atom is -0.453 e. The lowest BCUT2D eigenvalue weighted by Crippen LogP contribution is -2.53. The molecule has 3 aliphatic heterocycles. The number of aromatic nitrogens is 4. The number of methoxy groups -OCH3 is 1. The molecule has 0 bridgehead atoms. The van der Waals surface area contributed by atoms with Gasteiger partial charge >= 0.3 is 6.09 Å². The first-order valence-corrected chi connectivity index (χ1v) is 20.2. The second-order valence-corrected chi connectivity index (χ2v) is 16.0. The van der Waals surface area contributed by atoms with Crippen LogP contribution in [0.25, 0.3) is 33.6 Å². The number of nitrogens with one attached hydrogen (secondary N) is 4. The molecule has 0 aliphatic carbocycles. The summed E-state index contributed by atoms with van der Waals surface area (Å²) >= 11 is 0. The number of amides is 3. The number of hydrogen-bond acceptors (Lipinski definition) is 8. The summed E-state index contributed by atoms with van der Waals surface area (Å²) < 4.78 is 10.3. The van der Waals surface area contributed by atoms with Crippen molar-refractivity contribution < 1.29 is 23.9 Å². The maximum Gasteiger partial charge on any atom is 0.407 e. The van der Waals surface area contributed by atoms with Gasteiger partial charge in [-0.3, -0.25) is 9.59 Å². The highest BCUT2D eigenvalue weighted by Gasteiger charge is 2.39. The van der Waals surface area contributed by atoms with Crippen LogP contribution in [0.3, 0.4) is 0 Å². The Morgan fingerprint density at radius 1 is 0.696 bits per heavy atom. The Kier molecular flexibility index (Phi) is 12.2. The fourth-order valence-corrected chi connectivity index (χ4v) is 8.34. The summed E-state index contributed by atoms with van der Waals surface area (Å²) in [5.74, 6) is 1.69. The summed E-state index contributed by atoms with van der Waals surface area (Å²) in [6.07, 6.45) is 8.45. The van der Waals surface area contributed by atoms with E-state index in [4.69, 9.17) is 14.5 Å². The molecule has 0 radical (unpaired) electrons. The molecule has 56 heavy (non-hydrogen) atoms. The van der Waals surface area contributed by atoms with E-state index < -0.39 is 12.1 Å². The highest BCUT2D eigenvalue weighted by molar-refractivity contribution is 5.86. The molecule has 4 atom stereocenters. The Morgan fingerprint density at radius 3 is 1.59 bits per heavy atom. The van der Waals surface area contributed by atoms with Gasteiger partial charge in [0, 0.05) is 32.3 Å². The van der Waals surface area contributed by atoms with Crippen LogP contribution in [-0.4, -0.2) is 99.2 Å². The fourth-order valence-electron chi connectivity index (χ4n) is 8.34. The number of alkyl carbamates (subject to hydrolysis) is 1. The van der Waals surface area contributed by atoms with Gasteiger partial charge in [-0.05, 0) is 72.6 Å². The zero-order chi connectivity index (χ0) is 39.3. The first-order chi connectivity index (χ1) is 27.1. The van der Waals surface area contributed by atoms with E-state index in [0.29, 0.717) is 12.6 Å². The molecule has 0 saturated carbocycles. The average Bonchev–Trinajstić information content (AvgIpc) is 4.06. The second kappa shape index (κ2) is 17.4. The molecule has 2 aromatic carbocycles. The smallest absolute Gasteiger partial charge is 0.407 e. The lowest BCUT2D eigenvalue weighted by molar-refractivity contribution is -0.136. The number of rotatable bonds is 12. The molecule has 3 aliphatic rings. The monoisotopic (exact) mass is 764 g/mol. The van der Waals surface area contributed by atoms with Crippen LogP contribution >= 0.6 is 0 Å². The Morgan fingerprint density at radius 2 is 1.14 bits per heavy atom. The van der Waals surface area contributed by atoms with E-state index in [1.807, 2.05) is 36.0 Å². The molecule has 3 amide bonds. The number of aromatic amines is 2. The van der Waals surface area contributed by atoms with Crippen LogP contribution < -0.4 is 10.6 Å². The molecule has 13 heteroatoms. The number of ether oxygens (including phenoxy) is 2. The van der Waals surface area contributed by atoms with E-state index in [1.165, 1.54) is 7.11 Å². The topological polar surface area (TPSA) is 158 Å². The third-order valence-corrected chi connectivity index (χ3v) is 11.6. The van der Waals surface area contributed by atoms with Crippen LogP contribution in [0.5, 0.6) is 0 Å². The average molecular weight is 765 g/mol. The van der Waals surface area contributed by atoms with E-state index in [1.54, 1.807) is 0 Å². The number of carbonyl (C=O) groups excluding carboxylic acids is 3. The van der Waals surface area contributed by atoms with E-state index in [9.17, 15) is 14.4 Å². The molecule has 4 N–H and O–H groups in total. The quantitative estimate of drug-likeness (QED) is 0.125. The third-order valence-electron chi connectivity index (χ3n) is 11.6. The summed E-state index contributed by atoms with van der Waals surface area (Å²) in [4.78, 5) is 59.7. The first kappa shape index (κ1) is 39.2. The van der Waals surface area contributed by atoms with E-state index >= 15 is 0 Å². The van der Waals surface area contributed by atoms with Gasteiger partial charge in [-0.15, -0.1) is 0 Å². The predicted octanol–water partition coefficient (Wildman–Crippen LogP) is 6.63. The highest BCUT2D eigenvalue weighted by Crippen LogP contribution is 2.35. The van der Waals surface area contributed by atoms with Crippen LogP contribution in [0, 0.1) is 11.8 Å². The number of benzene rings is 2. The Balaban J connectivity index is 0.988. The van der Waals surface area contributed by atoms with Gasteiger partial charge in [-0.25, -0.2) is 14.8 Å². The maximum atomic E-state index is 13.9. The Hall–Kier alpha value is -5.01. The molecule has 3 saturated heterocycles. The zero-order valence-corrected chi connectivity index (χ0v) is 33.2. The Labute approximate surface area is 329 Å². The molecule has 3 fully saturated rings. The number of carbonyl (C=O) groups is 3. The summed E-state index contributed by atoms with van der Waals surface area (Å²) in [5.41, 5.74) is 6.02. The number of likely N-dealkylation sites (tertiary alicyclic amines) is 2. The molecule has 298 valence electrons. The van der Waals surface area contributed by atoms with Gasteiger partial charge in [0.05, 0.1) is 49.0 Å². The SMILES string of the molecule is COC(=O)N[C@H](C(=O)N1CCCC1c1ncc(-c2ccc(-c3ccc(-c4cnc([C@@H]5CCCN5C(=O)[C@H](NC5CCOCC5)C(C)C)[nH]4)cc3)cc2)[nH]1)C(C)C. The lowest BCUT2D eigenvalue weighted by atomic mass is 9.99. The third kappa shape index (κ3) is 8.53. The molecular formula is C43H56N8O5. The van der Waals surface area contributed by atoms with E-state index in [0.717, 1.165) is 104 Å². The molecule has 7 rings (SSSR count). The molecule has 1 unspecified atom stereocenters. The molecule has 0 spiro atoms. The van der Waals surface area contributed by atoms with Gasteiger partial charge in [-0.1, -0.05) is 76.2 Å². The van der Waals surface area contributed by atoms with Gasteiger partial charge < -0.3 is 39.9 Å². The largest absolute Gasteiger partial charge is 0.453 e. The molecular weight excluding hydrogens is 709 g/mol. The van der Waals surface area contributed by atoms with Crippen molar-refractivity contribution in [2.45, 2.75) is 96.4 Å². The van der Waals surface area contributed by atoms with Gasteiger partial charge in [0.15, 0.2) is 0 Å². The summed E-state index contributed by atoms with van der Waals surface area (Å²) in [7, 11) is 1.30. The fraction of sp³-hybridized carbons (Fsp3) is 0.512. The molecule has 5 heterocycles. The van der Waals surface area contributed by atoms with Crippen molar-refractivity contribution in [1.82, 2.24) is 40.4 Å². The van der Waals surface area contributed by atoms with Gasteiger partial charge in [0.1, 0.15) is 17.7 Å². The van der Waals surface area contributed by atoms with Crippen molar-refractivity contribution in [2.75, 3.05) is 33.4 Å². The summed E-state index contributed by atoms with van der Waals surface area (Å²) in [6.45, 7) is 10.9. The number of hydrogen-bond donors (Lipinski definition) is 4. The molecule has 13 nitrogen and oxygen atoms in total. The maximum absolute atomic E-state index is 13.9. The van der Waals surface area contributed by atoms with Crippen LogP contribution in [0.2, 0.25) is 0 Å². The van der Waals surface area contributed by atoms with Crippen molar-refractivity contribution in [2.24, 2.45) is 11.8 Å². The second-order valence-electron chi connectivity index (χ2n) is 16.0. The lowest BCUT2D eigenvalue weighted by Gasteiger charge is -2.34. The van der Waals surface area contributed by atoms with Crippen LogP contribution in [0.15, 0.2) is 60.9 Å². The van der Waals surface area contributed by atoms with Gasteiger partial charge in [0.25, 0.3) is 0 Å². The van der Waals surface area contributed by atoms with Crippen molar-refractivity contribution >= 4 is 17.9 Å². The van der Waals surface area contributed by atoms with Crippen LogP contribution in [-0.2, 0) is 19.1 Å². The zero-order valence-electron chi connectivity index (χ0n) is 33.2. The minimum atomic E-state index is -0.677. The van der Waals surface area contributed by atoms with Crippen molar-refractivity contribution in [3.63, 3.8) is 0 Å². The highest BCUT2D eigenvalue weighted by atomic mass is 16.5. The summed E-state index contributed by atoms with van der Waals surface area (Å²) in [5, 5.41) is 6.37. The van der Waals surface area contributed by atoms with Crippen molar-refractivity contribution in [3.05, 3.63) is 72.6 Å². The Bertz CT molecular complexity index is 1950. The first-order valence-electron chi connectivity index (χ1n) is 20.2. The van der Waals surface area contributed by atoms with Crippen LogP contribution in [0.4, 0.5) is 4.79 Å². The van der Waals surface area contributed by atoms with Crippen LogP contribution in [0.1, 0.15) is 90.0 Å². The number of nitrogens with zero attached hydrogens (tertiary/aromatic N) is 4. The van der Waals surface area contributed by atoms with Gasteiger partial charge in [-0.2, -0.15) is 0 Å². The van der Waals surface area contributed by atoms with Crippen molar-refractivity contribution in [1.29, 1.82) is 0 Å². The van der Waals surface area contributed by atoms with Gasteiger partial charge in [0.2, 0.25) is 11.8 Å². The standard InChI is InChI=1S/C43H56N8O5/c1-26(2)37(46-32-18-22-56-23-19-32)41(52)50-20-6-8-35(50)39-44-24-33(47-39)30-14-10-28(11-15-30)29-12-16-31(17-13-29)34-25-45-40(48-34)36-9-7-21-51(36)42(53)38(27(3)4)49-43(54)55-5/h10-17,24-27,32,35-38,46H,6-9,18-23H2,1-5H3,(H,44,47)(H,45,48)(H,49,54)/t35-,36?,37+,38-/m0/s1. The van der Waals surface area contributed by atoms with E-state index in [-0.39, 0.29) is 41.8 Å². The minimum absolute atomic E-state index is 0.0649. The molecule has 2 aromatic heterocycles. The van der Waals surface area contributed by atoms with E-state index in [2.05, 4.69) is 88.0 Å². The predicted molar refractivity (Wildman–Crippen MR) is 214 cm³/mol. The normalized spacial score (nSPS) is 20.1. The van der Waals surface area contributed by atoms with Crippen molar-refractivity contribution in [3.8, 4) is 33.6 Å². The molecule has 4 aromatic rings.